The average molecular weight is 253 g/mol. The van der Waals surface area contributed by atoms with Crippen molar-refractivity contribution >= 4 is 0 Å². The van der Waals surface area contributed by atoms with Crippen LogP contribution < -0.4 is 5.73 Å². The molecule has 2 aliphatic carbocycles. The summed E-state index contributed by atoms with van der Waals surface area (Å²) in [6.45, 7) is 0. The molecule has 1 fully saturated rings. The van der Waals surface area contributed by atoms with Gasteiger partial charge in [0.05, 0.1) is 11.7 Å². The maximum atomic E-state index is 6.18. The van der Waals surface area contributed by atoms with E-state index in [-0.39, 0.29) is 6.04 Å². The van der Waals surface area contributed by atoms with Gasteiger partial charge in [0.15, 0.2) is 0 Å². The second-order valence-corrected chi connectivity index (χ2v) is 5.76. The Morgan fingerprint density at radius 3 is 2.84 bits per heavy atom. The molecular formula is C16H19N3. The summed E-state index contributed by atoms with van der Waals surface area (Å²) < 4.78 is 2.23. The molecule has 0 radical (unpaired) electrons. The number of rotatable bonds is 2. The summed E-state index contributed by atoms with van der Waals surface area (Å²) in [4.78, 5) is 0. The van der Waals surface area contributed by atoms with E-state index in [1.807, 2.05) is 6.20 Å². The molecule has 1 aromatic carbocycles. The molecule has 0 saturated heterocycles. The van der Waals surface area contributed by atoms with Gasteiger partial charge in [-0.15, -0.1) is 0 Å². The van der Waals surface area contributed by atoms with Gasteiger partial charge >= 0.3 is 0 Å². The zero-order valence-corrected chi connectivity index (χ0v) is 11.0. The molecule has 2 aromatic rings. The van der Waals surface area contributed by atoms with Crippen LogP contribution >= 0.6 is 0 Å². The van der Waals surface area contributed by atoms with Crippen LogP contribution in [0.25, 0.3) is 11.3 Å². The van der Waals surface area contributed by atoms with Crippen molar-refractivity contribution in [2.24, 2.45) is 5.73 Å². The Balaban J connectivity index is 1.83. The lowest BCUT2D eigenvalue weighted by Crippen LogP contribution is -2.19. The maximum Gasteiger partial charge on any atom is 0.0688 e. The first-order valence-corrected chi connectivity index (χ1v) is 7.26. The van der Waals surface area contributed by atoms with Crippen molar-refractivity contribution < 1.29 is 0 Å². The van der Waals surface area contributed by atoms with E-state index in [2.05, 4.69) is 34.0 Å². The number of fused-ring (bicyclic) bond motifs is 1. The van der Waals surface area contributed by atoms with Crippen molar-refractivity contribution in [2.75, 3.05) is 0 Å². The molecule has 1 heterocycles. The molecule has 2 aliphatic rings. The minimum atomic E-state index is 0.218. The normalized spacial score (nSPS) is 22.3. The van der Waals surface area contributed by atoms with Gasteiger partial charge in [0.25, 0.3) is 0 Å². The van der Waals surface area contributed by atoms with E-state index in [9.17, 15) is 0 Å². The molecule has 1 unspecified atom stereocenters. The molecule has 1 aromatic heterocycles. The van der Waals surface area contributed by atoms with Gasteiger partial charge in [0, 0.05) is 17.8 Å². The third kappa shape index (κ3) is 1.65. The van der Waals surface area contributed by atoms with Crippen LogP contribution in [0, 0.1) is 0 Å². The first-order valence-electron chi connectivity index (χ1n) is 7.26. The Kier molecular flexibility index (Phi) is 2.49. The van der Waals surface area contributed by atoms with E-state index in [4.69, 9.17) is 5.73 Å². The quantitative estimate of drug-likeness (QED) is 0.893. The van der Waals surface area contributed by atoms with E-state index < -0.39 is 0 Å². The van der Waals surface area contributed by atoms with Gasteiger partial charge in [-0.05, 0) is 49.3 Å². The molecule has 2 N–H and O–H groups in total. The first-order chi connectivity index (χ1) is 9.34. The van der Waals surface area contributed by atoms with E-state index >= 15 is 0 Å². The predicted molar refractivity (Wildman–Crippen MR) is 75.8 cm³/mol. The fourth-order valence-electron chi connectivity index (χ4n) is 3.38. The van der Waals surface area contributed by atoms with E-state index in [0.29, 0.717) is 6.04 Å². The molecular weight excluding hydrogens is 234 g/mol. The van der Waals surface area contributed by atoms with E-state index in [0.717, 1.165) is 12.8 Å². The van der Waals surface area contributed by atoms with Crippen LogP contribution in [0.15, 0.2) is 30.5 Å². The minimum Gasteiger partial charge on any atom is -0.324 e. The topological polar surface area (TPSA) is 43.8 Å². The molecule has 0 spiro atoms. The first kappa shape index (κ1) is 11.2. The Labute approximate surface area is 113 Å². The molecule has 0 amide bonds. The summed E-state index contributed by atoms with van der Waals surface area (Å²) in [6.07, 6.45) is 7.97. The highest BCUT2D eigenvalue weighted by Gasteiger charge is 2.26. The largest absolute Gasteiger partial charge is 0.324 e. The summed E-state index contributed by atoms with van der Waals surface area (Å²) >= 11 is 0. The summed E-state index contributed by atoms with van der Waals surface area (Å²) in [5.41, 5.74) is 11.6. The van der Waals surface area contributed by atoms with E-state index in [1.165, 1.54) is 41.6 Å². The van der Waals surface area contributed by atoms with Crippen molar-refractivity contribution in [3.63, 3.8) is 0 Å². The van der Waals surface area contributed by atoms with Gasteiger partial charge in [-0.1, -0.05) is 18.2 Å². The highest BCUT2D eigenvalue weighted by Crippen LogP contribution is 2.39. The number of aromatic nitrogens is 2. The van der Waals surface area contributed by atoms with Gasteiger partial charge in [-0.25, -0.2) is 0 Å². The number of hydrogen-bond donors (Lipinski definition) is 1. The predicted octanol–water partition coefficient (Wildman–Crippen LogP) is 3.22. The van der Waals surface area contributed by atoms with Crippen molar-refractivity contribution in [3.8, 4) is 11.3 Å². The van der Waals surface area contributed by atoms with Crippen molar-refractivity contribution in [2.45, 2.75) is 44.2 Å². The van der Waals surface area contributed by atoms with Crippen LogP contribution in [0.5, 0.6) is 0 Å². The number of benzene rings is 1. The molecule has 4 rings (SSSR count). The van der Waals surface area contributed by atoms with Gasteiger partial charge < -0.3 is 5.73 Å². The number of nitrogens with two attached hydrogens (primary N) is 1. The van der Waals surface area contributed by atoms with Crippen LogP contribution in [-0.2, 0) is 6.42 Å². The van der Waals surface area contributed by atoms with Crippen molar-refractivity contribution in [1.82, 2.24) is 9.78 Å². The third-order valence-electron chi connectivity index (χ3n) is 4.68. The molecule has 3 nitrogen and oxygen atoms in total. The maximum absolute atomic E-state index is 6.18. The molecule has 19 heavy (non-hydrogen) atoms. The molecule has 0 aliphatic heterocycles. The van der Waals surface area contributed by atoms with Gasteiger partial charge in [0.2, 0.25) is 0 Å². The Morgan fingerprint density at radius 1 is 1.16 bits per heavy atom. The highest BCUT2D eigenvalue weighted by atomic mass is 15.3. The SMILES string of the molecule is NC1CCc2c(-c3ccnn3C3CCC3)cccc21. The average Bonchev–Trinajstić information content (AvgIpc) is 2.95. The minimum absolute atomic E-state index is 0.218. The summed E-state index contributed by atoms with van der Waals surface area (Å²) in [6, 6.07) is 9.52. The number of nitrogens with zero attached hydrogens (tertiary/aromatic N) is 2. The molecule has 3 heteroatoms. The summed E-state index contributed by atoms with van der Waals surface area (Å²) in [5, 5.41) is 4.54. The second kappa shape index (κ2) is 4.20. The van der Waals surface area contributed by atoms with Gasteiger partial charge in [-0.2, -0.15) is 5.10 Å². The lowest BCUT2D eigenvalue weighted by molar-refractivity contribution is 0.292. The summed E-state index contributed by atoms with van der Waals surface area (Å²) in [7, 11) is 0. The molecule has 1 atom stereocenters. The zero-order valence-electron chi connectivity index (χ0n) is 11.0. The molecule has 98 valence electrons. The monoisotopic (exact) mass is 253 g/mol. The highest BCUT2D eigenvalue weighted by molar-refractivity contribution is 5.67. The van der Waals surface area contributed by atoms with Crippen molar-refractivity contribution in [1.29, 1.82) is 0 Å². The van der Waals surface area contributed by atoms with Crippen LogP contribution in [0.2, 0.25) is 0 Å². The molecule has 1 saturated carbocycles. The lowest BCUT2D eigenvalue weighted by atomic mass is 9.92. The van der Waals surface area contributed by atoms with Gasteiger partial charge in [-0.3, -0.25) is 4.68 Å². The Hall–Kier alpha value is -1.61. The summed E-state index contributed by atoms with van der Waals surface area (Å²) in [5.74, 6) is 0. The Morgan fingerprint density at radius 2 is 2.05 bits per heavy atom. The van der Waals surface area contributed by atoms with Crippen molar-refractivity contribution in [3.05, 3.63) is 41.6 Å². The van der Waals surface area contributed by atoms with E-state index in [1.54, 1.807) is 0 Å². The van der Waals surface area contributed by atoms with Crippen LogP contribution in [-0.4, -0.2) is 9.78 Å². The molecule has 0 bridgehead atoms. The fourth-order valence-corrected chi connectivity index (χ4v) is 3.38. The zero-order chi connectivity index (χ0) is 12.8. The van der Waals surface area contributed by atoms with Crippen LogP contribution in [0.1, 0.15) is 48.9 Å². The smallest absolute Gasteiger partial charge is 0.0688 e. The second-order valence-electron chi connectivity index (χ2n) is 5.76. The third-order valence-corrected chi connectivity index (χ3v) is 4.68. The van der Waals surface area contributed by atoms with Crippen LogP contribution in [0.4, 0.5) is 0 Å². The lowest BCUT2D eigenvalue weighted by Gasteiger charge is -2.28. The standard InChI is InChI=1S/C16H19N3/c17-15-8-7-12-13(15)5-2-6-14(12)16-9-10-18-19(16)11-3-1-4-11/h2,5-6,9-11,15H,1,3-4,7-8,17H2. The number of hydrogen-bond acceptors (Lipinski definition) is 2. The van der Waals surface area contributed by atoms with Gasteiger partial charge in [0.1, 0.15) is 0 Å². The van der Waals surface area contributed by atoms with Crippen LogP contribution in [0.3, 0.4) is 0 Å². The Bertz CT molecular complexity index is 610. The fraction of sp³-hybridized carbons (Fsp3) is 0.438.